The minimum absolute atomic E-state index is 0.0136. The van der Waals surface area contributed by atoms with Crippen LogP contribution in [-0.2, 0) is 20.7 Å². The number of para-hydroxylation sites is 3. The molecule has 4 aromatic rings. The van der Waals surface area contributed by atoms with Gasteiger partial charge in [0, 0.05) is 36.2 Å². The van der Waals surface area contributed by atoms with Crippen LogP contribution in [0.1, 0.15) is 41.3 Å². The highest BCUT2D eigenvalue weighted by molar-refractivity contribution is 6.12. The van der Waals surface area contributed by atoms with Gasteiger partial charge in [0.2, 0.25) is 5.91 Å². The molecule has 1 N–H and O–H groups in total. The number of anilines is 2. The Morgan fingerprint density at radius 1 is 0.818 bits per heavy atom. The zero-order valence-electron chi connectivity index (χ0n) is 25.3. The SMILES string of the molecule is CCC(=O)N(CCCOc1ccc(C[C@H](Nc2ccccc2C(=O)c2ccccc2)C(=O)OC)cc1)c1ccccc1OC. The molecule has 0 radical (unpaired) electrons. The van der Waals surface area contributed by atoms with E-state index in [0.717, 1.165) is 11.3 Å². The van der Waals surface area contributed by atoms with E-state index in [1.165, 1.54) is 7.11 Å². The van der Waals surface area contributed by atoms with Crippen molar-refractivity contribution < 1.29 is 28.6 Å². The second-order valence-corrected chi connectivity index (χ2v) is 10.1. The van der Waals surface area contributed by atoms with Crippen molar-refractivity contribution in [1.29, 1.82) is 0 Å². The Morgan fingerprint density at radius 3 is 2.20 bits per heavy atom. The first-order valence-electron chi connectivity index (χ1n) is 14.6. The number of nitrogens with zero attached hydrogens (tertiary/aromatic N) is 1. The number of ketones is 1. The first kappa shape index (κ1) is 31.8. The van der Waals surface area contributed by atoms with E-state index in [1.54, 1.807) is 42.3 Å². The van der Waals surface area contributed by atoms with Crippen LogP contribution >= 0.6 is 0 Å². The van der Waals surface area contributed by atoms with Crippen LogP contribution in [0.15, 0.2) is 103 Å². The van der Waals surface area contributed by atoms with Gasteiger partial charge in [0.15, 0.2) is 5.78 Å². The number of carbonyl (C=O) groups excluding carboxylic acids is 3. The molecule has 44 heavy (non-hydrogen) atoms. The quantitative estimate of drug-likeness (QED) is 0.0976. The normalized spacial score (nSPS) is 11.2. The average molecular weight is 595 g/mol. The summed E-state index contributed by atoms with van der Waals surface area (Å²) in [5.41, 5.74) is 3.23. The van der Waals surface area contributed by atoms with Crippen LogP contribution in [0.5, 0.6) is 11.5 Å². The number of amides is 1. The van der Waals surface area contributed by atoms with Gasteiger partial charge in [-0.15, -0.1) is 0 Å². The van der Waals surface area contributed by atoms with E-state index in [4.69, 9.17) is 14.2 Å². The Kier molecular flexibility index (Phi) is 11.5. The third-order valence-corrected chi connectivity index (χ3v) is 7.16. The number of carbonyl (C=O) groups is 3. The number of methoxy groups -OCH3 is 2. The van der Waals surface area contributed by atoms with Gasteiger partial charge >= 0.3 is 5.97 Å². The number of hydrogen-bond acceptors (Lipinski definition) is 7. The molecule has 4 rings (SSSR count). The molecule has 0 aliphatic rings. The molecule has 0 aliphatic heterocycles. The summed E-state index contributed by atoms with van der Waals surface area (Å²) in [6.45, 7) is 2.75. The van der Waals surface area contributed by atoms with E-state index in [0.29, 0.717) is 60.7 Å². The first-order valence-corrected chi connectivity index (χ1v) is 14.6. The second-order valence-electron chi connectivity index (χ2n) is 10.1. The van der Waals surface area contributed by atoms with E-state index < -0.39 is 12.0 Å². The van der Waals surface area contributed by atoms with Crippen molar-refractivity contribution >= 4 is 29.0 Å². The number of benzene rings is 4. The maximum atomic E-state index is 13.2. The Hall–Kier alpha value is -5.11. The Balaban J connectivity index is 1.37. The molecule has 1 atom stereocenters. The molecule has 228 valence electrons. The van der Waals surface area contributed by atoms with Crippen molar-refractivity contribution in [3.05, 3.63) is 120 Å². The zero-order valence-corrected chi connectivity index (χ0v) is 25.3. The van der Waals surface area contributed by atoms with Crippen LogP contribution in [0.3, 0.4) is 0 Å². The van der Waals surface area contributed by atoms with Gasteiger partial charge in [-0.3, -0.25) is 9.59 Å². The predicted molar refractivity (Wildman–Crippen MR) is 172 cm³/mol. The smallest absolute Gasteiger partial charge is 0.328 e. The number of esters is 1. The average Bonchev–Trinajstić information content (AvgIpc) is 3.08. The van der Waals surface area contributed by atoms with Gasteiger partial charge in [-0.1, -0.05) is 73.7 Å². The van der Waals surface area contributed by atoms with Crippen molar-refractivity contribution in [1.82, 2.24) is 0 Å². The maximum Gasteiger partial charge on any atom is 0.328 e. The zero-order chi connectivity index (χ0) is 31.3. The maximum absolute atomic E-state index is 13.2. The summed E-state index contributed by atoms with van der Waals surface area (Å²) in [6.07, 6.45) is 1.35. The van der Waals surface area contributed by atoms with Crippen LogP contribution in [0.2, 0.25) is 0 Å². The number of hydrogen-bond donors (Lipinski definition) is 1. The fraction of sp³-hybridized carbons (Fsp3) is 0.250. The molecule has 0 bridgehead atoms. The van der Waals surface area contributed by atoms with E-state index >= 15 is 0 Å². The lowest BCUT2D eigenvalue weighted by molar-refractivity contribution is -0.141. The highest BCUT2D eigenvalue weighted by Gasteiger charge is 2.23. The minimum atomic E-state index is -0.714. The lowest BCUT2D eigenvalue weighted by Gasteiger charge is -2.24. The molecule has 8 nitrogen and oxygen atoms in total. The molecule has 0 unspecified atom stereocenters. The highest BCUT2D eigenvalue weighted by Crippen LogP contribution is 2.28. The van der Waals surface area contributed by atoms with Crippen LogP contribution in [0.4, 0.5) is 11.4 Å². The Labute approximate surface area is 258 Å². The summed E-state index contributed by atoms with van der Waals surface area (Å²) in [6, 6.07) is 30.4. The van der Waals surface area contributed by atoms with Crippen LogP contribution in [-0.4, -0.2) is 51.1 Å². The van der Waals surface area contributed by atoms with E-state index in [9.17, 15) is 14.4 Å². The fourth-order valence-electron chi connectivity index (χ4n) is 4.87. The van der Waals surface area contributed by atoms with E-state index in [2.05, 4.69) is 5.32 Å². The topological polar surface area (TPSA) is 94.2 Å². The van der Waals surface area contributed by atoms with Crippen molar-refractivity contribution in [3.8, 4) is 11.5 Å². The summed E-state index contributed by atoms with van der Waals surface area (Å²) in [5, 5.41) is 3.23. The molecule has 0 spiro atoms. The molecule has 8 heteroatoms. The molecule has 0 heterocycles. The van der Waals surface area contributed by atoms with E-state index in [-0.39, 0.29) is 11.7 Å². The van der Waals surface area contributed by atoms with Crippen LogP contribution in [0, 0.1) is 0 Å². The molecular weight excluding hydrogens is 556 g/mol. The molecular formula is C36H38N2O6. The highest BCUT2D eigenvalue weighted by atomic mass is 16.5. The number of rotatable bonds is 15. The minimum Gasteiger partial charge on any atom is -0.495 e. The molecule has 1 amide bonds. The molecule has 4 aromatic carbocycles. The monoisotopic (exact) mass is 594 g/mol. The second kappa shape index (κ2) is 15.9. The predicted octanol–water partition coefficient (Wildman–Crippen LogP) is 6.33. The van der Waals surface area contributed by atoms with Gasteiger partial charge in [0.05, 0.1) is 26.5 Å². The van der Waals surface area contributed by atoms with Gasteiger partial charge in [-0.25, -0.2) is 4.79 Å². The fourth-order valence-corrected chi connectivity index (χ4v) is 4.87. The lowest BCUT2D eigenvalue weighted by Crippen LogP contribution is -2.33. The molecule has 0 fully saturated rings. The Bertz CT molecular complexity index is 1540. The number of ether oxygens (including phenoxy) is 3. The van der Waals surface area contributed by atoms with Crippen molar-refractivity contribution in [3.63, 3.8) is 0 Å². The molecule has 0 aliphatic carbocycles. The lowest BCUT2D eigenvalue weighted by atomic mass is 10.00. The van der Waals surface area contributed by atoms with Gasteiger partial charge in [0.25, 0.3) is 0 Å². The van der Waals surface area contributed by atoms with Crippen molar-refractivity contribution in [2.24, 2.45) is 0 Å². The van der Waals surface area contributed by atoms with Gasteiger partial charge in [-0.05, 0) is 48.4 Å². The first-order chi connectivity index (χ1) is 21.4. The van der Waals surface area contributed by atoms with E-state index in [1.807, 2.05) is 79.7 Å². The van der Waals surface area contributed by atoms with Crippen LogP contribution < -0.4 is 19.7 Å². The molecule has 0 saturated carbocycles. The van der Waals surface area contributed by atoms with Gasteiger partial charge in [-0.2, -0.15) is 0 Å². The number of nitrogens with one attached hydrogen (secondary N) is 1. The van der Waals surface area contributed by atoms with Crippen molar-refractivity contribution in [2.45, 2.75) is 32.2 Å². The summed E-state index contributed by atoms with van der Waals surface area (Å²) >= 11 is 0. The summed E-state index contributed by atoms with van der Waals surface area (Å²) in [5.74, 6) is 0.773. The van der Waals surface area contributed by atoms with Gasteiger partial charge in [0.1, 0.15) is 17.5 Å². The third-order valence-electron chi connectivity index (χ3n) is 7.16. The Morgan fingerprint density at radius 2 is 1.50 bits per heavy atom. The summed E-state index contributed by atoms with van der Waals surface area (Å²) < 4.78 is 16.5. The summed E-state index contributed by atoms with van der Waals surface area (Å²) in [7, 11) is 2.94. The largest absolute Gasteiger partial charge is 0.495 e. The molecule has 0 saturated heterocycles. The van der Waals surface area contributed by atoms with Gasteiger partial charge < -0.3 is 24.4 Å². The molecule has 0 aromatic heterocycles. The summed E-state index contributed by atoms with van der Waals surface area (Å²) in [4.78, 5) is 40.3. The standard InChI is InChI=1S/C36H38N2O6/c1-4-34(39)38(32-17-10-11-18-33(32)42-2)23-12-24-44-28-21-19-26(20-22-28)25-31(36(41)43-3)37-30-16-9-8-15-29(30)35(40)27-13-6-5-7-14-27/h5-11,13-22,31,37H,4,12,23-25H2,1-3H3/t31-/m0/s1. The third kappa shape index (κ3) is 8.25. The van der Waals surface area contributed by atoms with Crippen molar-refractivity contribution in [2.75, 3.05) is 37.6 Å². The van der Waals surface area contributed by atoms with Crippen LogP contribution in [0.25, 0.3) is 0 Å².